The number of hydrogen-bond acceptors (Lipinski definition) is 3. The molecule has 0 aromatic heterocycles. The summed E-state index contributed by atoms with van der Waals surface area (Å²) >= 11 is 0. The third-order valence-electron chi connectivity index (χ3n) is 3.94. The van der Waals surface area contributed by atoms with Crippen molar-refractivity contribution in [2.45, 2.75) is 38.6 Å². The number of nitrogens with one attached hydrogen (secondary N) is 1. The lowest BCUT2D eigenvalue weighted by Crippen LogP contribution is -2.49. The number of carboxylic acids is 1. The Hall–Kier alpha value is -1.39. The maximum atomic E-state index is 11.9. The van der Waals surface area contributed by atoms with E-state index in [1.54, 1.807) is 7.05 Å². The first kappa shape index (κ1) is 17.7. The molecule has 0 fully saturated rings. The van der Waals surface area contributed by atoms with Gasteiger partial charge >= 0.3 is 5.97 Å². The molecule has 1 rings (SSSR count). The molecule has 118 valence electrons. The molecule has 0 amide bonds. The average molecular weight is 292 g/mol. The number of rotatable bonds is 10. The standard InChI is InChI=1S/C17H28N2O2/c1-4-12-19(13-5-2)14-11-17(18-3,16(20)21)15-9-7-6-8-10-15/h6-10,18H,4-5,11-14H2,1-3H3,(H,20,21). The molecule has 1 aromatic rings. The van der Waals surface area contributed by atoms with E-state index in [2.05, 4.69) is 24.1 Å². The number of nitrogens with zero attached hydrogens (tertiary/aromatic N) is 1. The Kier molecular flexibility index (Phi) is 7.40. The molecule has 1 atom stereocenters. The minimum absolute atomic E-state index is 0.558. The number of carbonyl (C=O) groups is 1. The highest BCUT2D eigenvalue weighted by Crippen LogP contribution is 2.25. The molecule has 4 nitrogen and oxygen atoms in total. The van der Waals surface area contributed by atoms with Gasteiger partial charge in [-0.3, -0.25) is 0 Å². The van der Waals surface area contributed by atoms with Gasteiger partial charge in [-0.25, -0.2) is 4.79 Å². The first-order valence-electron chi connectivity index (χ1n) is 7.80. The topological polar surface area (TPSA) is 52.6 Å². The van der Waals surface area contributed by atoms with E-state index in [1.807, 2.05) is 30.3 Å². The summed E-state index contributed by atoms with van der Waals surface area (Å²) in [5.41, 5.74) is -0.200. The number of benzene rings is 1. The minimum atomic E-state index is -1.01. The van der Waals surface area contributed by atoms with Gasteiger partial charge in [0, 0.05) is 6.54 Å². The predicted molar refractivity (Wildman–Crippen MR) is 86.5 cm³/mol. The smallest absolute Gasteiger partial charge is 0.328 e. The molecule has 0 aliphatic rings. The second kappa shape index (κ2) is 8.80. The van der Waals surface area contributed by atoms with Gasteiger partial charge in [-0.15, -0.1) is 0 Å². The molecular formula is C17H28N2O2. The van der Waals surface area contributed by atoms with Crippen molar-refractivity contribution in [1.82, 2.24) is 10.2 Å². The molecule has 4 heteroatoms. The first-order valence-corrected chi connectivity index (χ1v) is 7.80. The van der Waals surface area contributed by atoms with Gasteiger partial charge < -0.3 is 15.3 Å². The lowest BCUT2D eigenvalue weighted by atomic mass is 9.86. The van der Waals surface area contributed by atoms with Crippen molar-refractivity contribution in [3.63, 3.8) is 0 Å². The van der Waals surface area contributed by atoms with E-state index in [4.69, 9.17) is 0 Å². The van der Waals surface area contributed by atoms with Crippen LogP contribution in [-0.4, -0.2) is 42.7 Å². The molecule has 1 aromatic carbocycles. The first-order chi connectivity index (χ1) is 10.1. The normalized spacial score (nSPS) is 14.1. The van der Waals surface area contributed by atoms with Crippen LogP contribution >= 0.6 is 0 Å². The van der Waals surface area contributed by atoms with Crippen molar-refractivity contribution < 1.29 is 9.90 Å². The van der Waals surface area contributed by atoms with Gasteiger partial charge in [0.1, 0.15) is 5.54 Å². The average Bonchev–Trinajstić information content (AvgIpc) is 2.49. The van der Waals surface area contributed by atoms with Crippen molar-refractivity contribution in [2.75, 3.05) is 26.7 Å². The van der Waals surface area contributed by atoms with Crippen LogP contribution in [0.2, 0.25) is 0 Å². The van der Waals surface area contributed by atoms with E-state index < -0.39 is 11.5 Å². The predicted octanol–water partition coefficient (Wildman–Crippen LogP) is 2.70. The van der Waals surface area contributed by atoms with Crippen molar-refractivity contribution in [3.05, 3.63) is 35.9 Å². The molecule has 0 bridgehead atoms. The summed E-state index contributed by atoms with van der Waals surface area (Å²) in [6.07, 6.45) is 2.73. The molecule has 21 heavy (non-hydrogen) atoms. The Balaban J connectivity index is 2.91. The molecular weight excluding hydrogens is 264 g/mol. The Morgan fingerprint density at radius 2 is 1.71 bits per heavy atom. The van der Waals surface area contributed by atoms with Crippen LogP contribution in [0, 0.1) is 0 Å². The fourth-order valence-electron chi connectivity index (χ4n) is 2.77. The molecule has 0 heterocycles. The Morgan fingerprint density at radius 3 is 2.14 bits per heavy atom. The maximum absolute atomic E-state index is 11.9. The van der Waals surface area contributed by atoms with Crippen LogP contribution in [0.3, 0.4) is 0 Å². The van der Waals surface area contributed by atoms with Gasteiger partial charge in [0.25, 0.3) is 0 Å². The zero-order valence-electron chi connectivity index (χ0n) is 13.4. The van der Waals surface area contributed by atoms with Crippen LogP contribution in [0.4, 0.5) is 0 Å². The van der Waals surface area contributed by atoms with Gasteiger partial charge in [0.15, 0.2) is 0 Å². The second-order valence-electron chi connectivity index (χ2n) is 5.42. The van der Waals surface area contributed by atoms with Crippen molar-refractivity contribution in [3.8, 4) is 0 Å². The number of aliphatic carboxylic acids is 1. The van der Waals surface area contributed by atoms with Gasteiger partial charge in [-0.05, 0) is 45.0 Å². The molecule has 0 aliphatic carbocycles. The second-order valence-corrected chi connectivity index (χ2v) is 5.42. The quantitative estimate of drug-likeness (QED) is 0.696. The molecule has 1 unspecified atom stereocenters. The monoisotopic (exact) mass is 292 g/mol. The molecule has 2 N–H and O–H groups in total. The van der Waals surface area contributed by atoms with Gasteiger partial charge in [0.05, 0.1) is 0 Å². The van der Waals surface area contributed by atoms with Crippen LogP contribution in [0.5, 0.6) is 0 Å². The van der Waals surface area contributed by atoms with E-state index in [0.29, 0.717) is 6.42 Å². The van der Waals surface area contributed by atoms with Gasteiger partial charge in [-0.2, -0.15) is 0 Å². The van der Waals surface area contributed by atoms with Crippen molar-refractivity contribution in [2.24, 2.45) is 0 Å². The van der Waals surface area contributed by atoms with Crippen LogP contribution in [0.1, 0.15) is 38.7 Å². The summed E-state index contributed by atoms with van der Waals surface area (Å²) < 4.78 is 0. The van der Waals surface area contributed by atoms with Crippen molar-refractivity contribution in [1.29, 1.82) is 0 Å². The lowest BCUT2D eigenvalue weighted by Gasteiger charge is -2.32. The molecule has 0 radical (unpaired) electrons. The van der Waals surface area contributed by atoms with E-state index in [9.17, 15) is 9.90 Å². The largest absolute Gasteiger partial charge is 0.480 e. The van der Waals surface area contributed by atoms with Gasteiger partial charge in [0.2, 0.25) is 0 Å². The SMILES string of the molecule is CCCN(CCC)CCC(NC)(C(=O)O)c1ccccc1. The maximum Gasteiger partial charge on any atom is 0.328 e. The zero-order chi connectivity index (χ0) is 15.7. The number of likely N-dealkylation sites (N-methyl/N-ethyl adjacent to an activating group) is 1. The number of hydrogen-bond donors (Lipinski definition) is 2. The van der Waals surface area contributed by atoms with E-state index >= 15 is 0 Å². The summed E-state index contributed by atoms with van der Waals surface area (Å²) in [5, 5.41) is 12.8. The lowest BCUT2D eigenvalue weighted by molar-refractivity contribution is -0.145. The highest BCUT2D eigenvalue weighted by Gasteiger charge is 2.38. The summed E-state index contributed by atoms with van der Waals surface area (Å²) in [5.74, 6) is -0.816. The van der Waals surface area contributed by atoms with Gasteiger partial charge in [-0.1, -0.05) is 44.2 Å². The van der Waals surface area contributed by atoms with E-state index in [1.165, 1.54) is 0 Å². The van der Waals surface area contributed by atoms with Crippen LogP contribution in [0.15, 0.2) is 30.3 Å². The summed E-state index contributed by atoms with van der Waals surface area (Å²) in [4.78, 5) is 14.2. The summed E-state index contributed by atoms with van der Waals surface area (Å²) in [7, 11) is 1.73. The van der Waals surface area contributed by atoms with E-state index in [-0.39, 0.29) is 0 Å². The Morgan fingerprint density at radius 1 is 1.14 bits per heavy atom. The highest BCUT2D eigenvalue weighted by atomic mass is 16.4. The Labute approximate surface area is 128 Å². The molecule has 0 spiro atoms. The Bertz CT molecular complexity index is 416. The molecule has 0 saturated heterocycles. The fraction of sp³-hybridized carbons (Fsp3) is 0.588. The van der Waals surface area contributed by atoms with Crippen LogP contribution in [-0.2, 0) is 10.3 Å². The van der Waals surface area contributed by atoms with E-state index in [0.717, 1.165) is 38.0 Å². The van der Waals surface area contributed by atoms with Crippen molar-refractivity contribution >= 4 is 5.97 Å². The minimum Gasteiger partial charge on any atom is -0.480 e. The molecule has 0 aliphatic heterocycles. The summed E-state index contributed by atoms with van der Waals surface area (Å²) in [6.45, 7) is 7.12. The van der Waals surface area contributed by atoms with Crippen LogP contribution in [0.25, 0.3) is 0 Å². The number of carboxylic acid groups (broad SMARTS) is 1. The zero-order valence-corrected chi connectivity index (χ0v) is 13.4. The third kappa shape index (κ3) is 4.55. The fourth-order valence-corrected chi connectivity index (χ4v) is 2.77. The third-order valence-corrected chi connectivity index (χ3v) is 3.94. The highest BCUT2D eigenvalue weighted by molar-refractivity contribution is 5.80. The van der Waals surface area contributed by atoms with Crippen LogP contribution < -0.4 is 5.32 Å². The molecule has 0 saturated carbocycles. The summed E-state index contributed by atoms with van der Waals surface area (Å²) in [6, 6.07) is 9.45.